The van der Waals surface area contributed by atoms with Gasteiger partial charge in [0, 0.05) is 57.5 Å². The molecule has 2 aromatic heterocycles. The molecular formula is C17H24N6O2. The van der Waals surface area contributed by atoms with E-state index in [0.717, 1.165) is 25.9 Å². The van der Waals surface area contributed by atoms with Crippen LogP contribution in [0.4, 0.5) is 4.79 Å². The van der Waals surface area contributed by atoms with E-state index in [4.69, 9.17) is 4.74 Å². The van der Waals surface area contributed by atoms with Gasteiger partial charge in [-0.2, -0.15) is 5.10 Å². The zero-order valence-corrected chi connectivity index (χ0v) is 14.7. The zero-order chi connectivity index (χ0) is 17.6. The summed E-state index contributed by atoms with van der Waals surface area (Å²) in [7, 11) is 0. The molecule has 1 aliphatic rings. The molecule has 2 amide bonds. The molecule has 0 aromatic carbocycles. The molecule has 0 bridgehead atoms. The zero-order valence-electron chi connectivity index (χ0n) is 14.7. The number of urea groups is 1. The molecule has 0 spiro atoms. The van der Waals surface area contributed by atoms with Crippen LogP contribution in [0.3, 0.4) is 0 Å². The number of likely N-dealkylation sites (tertiary alicyclic amines) is 1. The lowest BCUT2D eigenvalue weighted by atomic mass is 10.1. The SMILES string of the molecule is CCN(CC)C(=O)N1CCC(Oc2ccc(-n3cccn3)nn2)CC1. The van der Waals surface area contributed by atoms with Crippen molar-refractivity contribution in [3.05, 3.63) is 30.6 Å². The number of hydrogen-bond acceptors (Lipinski definition) is 5. The smallest absolute Gasteiger partial charge is 0.319 e. The van der Waals surface area contributed by atoms with Crippen molar-refractivity contribution in [2.75, 3.05) is 26.2 Å². The van der Waals surface area contributed by atoms with E-state index < -0.39 is 0 Å². The first-order valence-corrected chi connectivity index (χ1v) is 8.75. The first-order chi connectivity index (χ1) is 12.2. The van der Waals surface area contributed by atoms with E-state index in [9.17, 15) is 4.79 Å². The molecule has 8 nitrogen and oxygen atoms in total. The summed E-state index contributed by atoms with van der Waals surface area (Å²) in [5, 5.41) is 12.4. The molecule has 0 aliphatic carbocycles. The fraction of sp³-hybridized carbons (Fsp3) is 0.529. The second-order valence-electron chi connectivity index (χ2n) is 5.94. The van der Waals surface area contributed by atoms with Crippen LogP contribution in [0.25, 0.3) is 5.82 Å². The van der Waals surface area contributed by atoms with Gasteiger partial charge in [0.1, 0.15) is 6.10 Å². The van der Waals surface area contributed by atoms with E-state index in [1.54, 1.807) is 16.9 Å². The third kappa shape index (κ3) is 4.07. The summed E-state index contributed by atoms with van der Waals surface area (Å²) in [4.78, 5) is 16.1. The highest BCUT2D eigenvalue weighted by atomic mass is 16.5. The van der Waals surface area contributed by atoms with E-state index in [2.05, 4.69) is 15.3 Å². The van der Waals surface area contributed by atoms with E-state index in [1.807, 2.05) is 42.0 Å². The maximum atomic E-state index is 12.4. The Hall–Kier alpha value is -2.64. The molecule has 0 radical (unpaired) electrons. The Morgan fingerprint density at radius 1 is 1.24 bits per heavy atom. The average Bonchev–Trinajstić information content (AvgIpc) is 3.18. The van der Waals surface area contributed by atoms with Crippen LogP contribution in [0.15, 0.2) is 30.6 Å². The van der Waals surface area contributed by atoms with Crippen LogP contribution < -0.4 is 4.74 Å². The first kappa shape index (κ1) is 17.2. The molecular weight excluding hydrogens is 320 g/mol. The number of aromatic nitrogens is 4. The predicted octanol–water partition coefficient (Wildman–Crippen LogP) is 1.97. The highest BCUT2D eigenvalue weighted by molar-refractivity contribution is 5.74. The number of piperidine rings is 1. The second-order valence-corrected chi connectivity index (χ2v) is 5.94. The number of hydrogen-bond donors (Lipinski definition) is 0. The van der Waals surface area contributed by atoms with Crippen molar-refractivity contribution in [3.63, 3.8) is 0 Å². The van der Waals surface area contributed by atoms with Gasteiger partial charge in [0.25, 0.3) is 0 Å². The molecule has 0 saturated carbocycles. The number of nitrogens with zero attached hydrogens (tertiary/aromatic N) is 6. The molecule has 2 aromatic rings. The first-order valence-electron chi connectivity index (χ1n) is 8.75. The van der Waals surface area contributed by atoms with Crippen LogP contribution in [-0.4, -0.2) is 68.1 Å². The Morgan fingerprint density at radius 2 is 2.00 bits per heavy atom. The predicted molar refractivity (Wildman–Crippen MR) is 92.7 cm³/mol. The highest BCUT2D eigenvalue weighted by Crippen LogP contribution is 2.18. The van der Waals surface area contributed by atoms with Gasteiger partial charge in [0.2, 0.25) is 5.88 Å². The fourth-order valence-electron chi connectivity index (χ4n) is 2.93. The van der Waals surface area contributed by atoms with Crippen molar-refractivity contribution in [2.45, 2.75) is 32.8 Å². The number of amides is 2. The Labute approximate surface area is 147 Å². The summed E-state index contributed by atoms with van der Waals surface area (Å²) < 4.78 is 7.56. The Kier molecular flexibility index (Phi) is 5.47. The summed E-state index contributed by atoms with van der Waals surface area (Å²) in [5.74, 6) is 1.15. The summed E-state index contributed by atoms with van der Waals surface area (Å²) >= 11 is 0. The highest BCUT2D eigenvalue weighted by Gasteiger charge is 2.26. The van der Waals surface area contributed by atoms with Crippen LogP contribution in [0.1, 0.15) is 26.7 Å². The van der Waals surface area contributed by atoms with E-state index in [1.165, 1.54) is 0 Å². The maximum absolute atomic E-state index is 12.4. The van der Waals surface area contributed by atoms with Crippen LogP contribution in [-0.2, 0) is 0 Å². The summed E-state index contributed by atoms with van der Waals surface area (Å²) in [6, 6.07) is 5.58. The Morgan fingerprint density at radius 3 is 2.56 bits per heavy atom. The number of ether oxygens (including phenoxy) is 1. The monoisotopic (exact) mass is 344 g/mol. The van der Waals surface area contributed by atoms with Crippen LogP contribution in [0.5, 0.6) is 5.88 Å². The van der Waals surface area contributed by atoms with Gasteiger partial charge >= 0.3 is 6.03 Å². The van der Waals surface area contributed by atoms with Gasteiger partial charge in [-0.15, -0.1) is 10.2 Å². The van der Waals surface area contributed by atoms with Gasteiger partial charge in [0.15, 0.2) is 5.82 Å². The van der Waals surface area contributed by atoms with Gasteiger partial charge in [-0.05, 0) is 26.0 Å². The minimum Gasteiger partial charge on any atom is -0.473 e. The molecule has 134 valence electrons. The lowest BCUT2D eigenvalue weighted by Gasteiger charge is -2.35. The normalized spacial score (nSPS) is 15.2. The van der Waals surface area contributed by atoms with Gasteiger partial charge in [0.05, 0.1) is 0 Å². The Balaban J connectivity index is 1.51. The van der Waals surface area contributed by atoms with Crippen molar-refractivity contribution < 1.29 is 9.53 Å². The van der Waals surface area contributed by atoms with Gasteiger partial charge in [-0.1, -0.05) is 0 Å². The molecule has 3 heterocycles. The fourth-order valence-corrected chi connectivity index (χ4v) is 2.93. The van der Waals surface area contributed by atoms with Crippen LogP contribution in [0, 0.1) is 0 Å². The summed E-state index contributed by atoms with van der Waals surface area (Å²) in [5.41, 5.74) is 0. The van der Waals surface area contributed by atoms with Crippen LogP contribution in [0.2, 0.25) is 0 Å². The van der Waals surface area contributed by atoms with Gasteiger partial charge < -0.3 is 14.5 Å². The van der Waals surface area contributed by atoms with Gasteiger partial charge in [-0.25, -0.2) is 9.48 Å². The molecule has 8 heteroatoms. The number of carbonyl (C=O) groups excluding carboxylic acids is 1. The van der Waals surface area contributed by atoms with E-state index in [-0.39, 0.29) is 12.1 Å². The molecule has 0 unspecified atom stereocenters. The average molecular weight is 344 g/mol. The minimum atomic E-state index is 0.0607. The molecule has 0 atom stereocenters. The molecule has 25 heavy (non-hydrogen) atoms. The molecule has 1 aliphatic heterocycles. The molecule has 0 N–H and O–H groups in total. The standard InChI is InChI=1S/C17H24N6O2/c1-3-21(4-2)17(24)22-12-8-14(9-13-22)25-16-7-6-15(19-20-16)23-11-5-10-18-23/h5-7,10-11,14H,3-4,8-9,12-13H2,1-2H3. The van der Waals surface area contributed by atoms with Crippen molar-refractivity contribution in [1.29, 1.82) is 0 Å². The summed E-state index contributed by atoms with van der Waals surface area (Å²) in [6.07, 6.45) is 5.17. The Bertz CT molecular complexity index is 661. The number of rotatable bonds is 5. The lowest BCUT2D eigenvalue weighted by Crippen LogP contribution is -2.48. The largest absolute Gasteiger partial charge is 0.473 e. The molecule has 1 fully saturated rings. The third-order valence-corrected chi connectivity index (χ3v) is 4.40. The second kappa shape index (κ2) is 7.96. The van der Waals surface area contributed by atoms with Crippen molar-refractivity contribution >= 4 is 6.03 Å². The van der Waals surface area contributed by atoms with Crippen molar-refractivity contribution in [1.82, 2.24) is 29.8 Å². The molecule has 3 rings (SSSR count). The van der Waals surface area contributed by atoms with Crippen molar-refractivity contribution in [3.8, 4) is 11.7 Å². The maximum Gasteiger partial charge on any atom is 0.319 e. The number of carbonyl (C=O) groups is 1. The summed E-state index contributed by atoms with van der Waals surface area (Å²) in [6.45, 7) is 6.90. The van der Waals surface area contributed by atoms with Gasteiger partial charge in [-0.3, -0.25) is 0 Å². The van der Waals surface area contributed by atoms with E-state index in [0.29, 0.717) is 24.8 Å². The molecule has 1 saturated heterocycles. The van der Waals surface area contributed by atoms with E-state index >= 15 is 0 Å². The topological polar surface area (TPSA) is 76.4 Å². The lowest BCUT2D eigenvalue weighted by molar-refractivity contribution is 0.0930. The van der Waals surface area contributed by atoms with Crippen molar-refractivity contribution in [2.24, 2.45) is 0 Å². The third-order valence-electron chi connectivity index (χ3n) is 4.40. The quantitative estimate of drug-likeness (QED) is 0.829. The minimum absolute atomic E-state index is 0.0607. The van der Waals surface area contributed by atoms with Crippen LogP contribution >= 0.6 is 0 Å².